The fraction of sp³-hybridized carbons (Fsp3) is 0.867. The fourth-order valence-electron chi connectivity index (χ4n) is 2.51. The molecular formula is C15H28N2O5. The molecule has 0 aliphatic carbocycles. The Labute approximate surface area is 131 Å². The van der Waals surface area contributed by atoms with Crippen LogP contribution in [0.25, 0.3) is 0 Å². The van der Waals surface area contributed by atoms with Gasteiger partial charge in [-0.2, -0.15) is 0 Å². The van der Waals surface area contributed by atoms with E-state index in [0.717, 1.165) is 0 Å². The number of aliphatic hydroxyl groups is 1. The molecule has 0 aromatic rings. The Hall–Kier alpha value is -1.34. The number of carbonyl (C=O) groups is 2. The average molecular weight is 316 g/mol. The topological polar surface area (TPSA) is 90.3 Å². The van der Waals surface area contributed by atoms with Crippen molar-refractivity contribution in [2.75, 3.05) is 26.7 Å². The summed E-state index contributed by atoms with van der Waals surface area (Å²) in [5.41, 5.74) is -1.15. The lowest BCUT2D eigenvalue weighted by Crippen LogP contribution is -2.71. The highest BCUT2D eigenvalue weighted by atomic mass is 16.6. The van der Waals surface area contributed by atoms with Crippen molar-refractivity contribution in [3.8, 4) is 0 Å². The number of carbonyl (C=O) groups excluding carboxylic acids is 1. The SMILES string of the molecule is CC(O)CCN(C)C1(CC(=O)O)CN(C(=O)OC(C)(C)C)C1. The van der Waals surface area contributed by atoms with E-state index in [1.54, 1.807) is 27.7 Å². The minimum atomic E-state index is -0.896. The average Bonchev–Trinajstić information content (AvgIpc) is 2.27. The molecule has 0 aromatic carbocycles. The van der Waals surface area contributed by atoms with Gasteiger partial charge in [0.1, 0.15) is 5.60 Å². The molecule has 0 saturated carbocycles. The number of hydrogen-bond acceptors (Lipinski definition) is 5. The summed E-state index contributed by atoms with van der Waals surface area (Å²) in [6, 6.07) is 0. The van der Waals surface area contributed by atoms with E-state index in [1.807, 2.05) is 11.9 Å². The van der Waals surface area contributed by atoms with Gasteiger partial charge in [-0.3, -0.25) is 9.69 Å². The molecule has 0 bridgehead atoms. The Morgan fingerprint density at radius 1 is 1.36 bits per heavy atom. The number of aliphatic hydroxyl groups excluding tert-OH is 1. The van der Waals surface area contributed by atoms with Gasteiger partial charge in [0.25, 0.3) is 0 Å². The molecule has 1 aliphatic heterocycles. The third kappa shape index (κ3) is 5.14. The van der Waals surface area contributed by atoms with Gasteiger partial charge in [0.2, 0.25) is 0 Å². The van der Waals surface area contributed by atoms with Gasteiger partial charge < -0.3 is 19.8 Å². The molecule has 128 valence electrons. The van der Waals surface area contributed by atoms with E-state index in [1.165, 1.54) is 4.90 Å². The molecule has 7 heteroatoms. The molecule has 2 N–H and O–H groups in total. The van der Waals surface area contributed by atoms with E-state index in [2.05, 4.69) is 0 Å². The van der Waals surface area contributed by atoms with Crippen molar-refractivity contribution in [2.45, 2.75) is 57.8 Å². The van der Waals surface area contributed by atoms with Crippen LogP contribution >= 0.6 is 0 Å². The van der Waals surface area contributed by atoms with Crippen LogP contribution in [0.2, 0.25) is 0 Å². The number of ether oxygens (including phenoxy) is 1. The standard InChI is InChI=1S/C15H28N2O5/c1-11(18)6-7-16(5)15(8-12(19)20)9-17(10-15)13(21)22-14(2,3)4/h11,18H,6-10H2,1-5H3,(H,19,20). The first kappa shape index (κ1) is 18.7. The van der Waals surface area contributed by atoms with Crippen molar-refractivity contribution in [3.63, 3.8) is 0 Å². The van der Waals surface area contributed by atoms with Gasteiger partial charge in [0.15, 0.2) is 0 Å². The summed E-state index contributed by atoms with van der Waals surface area (Å²) in [7, 11) is 1.83. The second-order valence-corrected chi connectivity index (χ2v) is 7.19. The largest absolute Gasteiger partial charge is 0.481 e. The normalized spacial score (nSPS) is 18.8. The molecule has 1 fully saturated rings. The minimum absolute atomic E-state index is 0.0391. The molecule has 0 aromatic heterocycles. The zero-order chi connectivity index (χ0) is 17.1. The zero-order valence-electron chi connectivity index (χ0n) is 14.1. The number of likely N-dealkylation sites (N-methyl/N-ethyl adjacent to an activating group) is 1. The highest BCUT2D eigenvalue weighted by molar-refractivity contribution is 5.73. The van der Waals surface area contributed by atoms with Gasteiger partial charge in [-0.05, 0) is 41.2 Å². The Balaban J connectivity index is 2.66. The van der Waals surface area contributed by atoms with Crippen LogP contribution in [-0.2, 0) is 9.53 Å². The van der Waals surface area contributed by atoms with Crippen molar-refractivity contribution in [3.05, 3.63) is 0 Å². The van der Waals surface area contributed by atoms with Crippen molar-refractivity contribution in [2.24, 2.45) is 0 Å². The number of amides is 1. The predicted octanol–water partition coefficient (Wildman–Crippen LogP) is 1.15. The maximum Gasteiger partial charge on any atom is 0.410 e. The molecule has 7 nitrogen and oxygen atoms in total. The Morgan fingerprint density at radius 2 is 1.91 bits per heavy atom. The number of likely N-dealkylation sites (tertiary alicyclic amines) is 1. The Kier molecular flexibility index (Phi) is 5.81. The number of hydrogen-bond donors (Lipinski definition) is 2. The molecule has 1 saturated heterocycles. The number of carboxylic acid groups (broad SMARTS) is 1. The van der Waals surface area contributed by atoms with Crippen LogP contribution in [0.15, 0.2) is 0 Å². The second kappa shape index (κ2) is 6.83. The highest BCUT2D eigenvalue weighted by Crippen LogP contribution is 2.32. The van der Waals surface area contributed by atoms with Crippen molar-refractivity contribution in [1.29, 1.82) is 0 Å². The summed E-state index contributed by atoms with van der Waals surface area (Å²) in [5.74, 6) is -0.896. The van der Waals surface area contributed by atoms with Crippen molar-refractivity contribution < 1.29 is 24.5 Å². The van der Waals surface area contributed by atoms with Gasteiger partial charge in [0, 0.05) is 19.6 Å². The number of aliphatic carboxylic acids is 1. The number of rotatable bonds is 6. The summed E-state index contributed by atoms with van der Waals surface area (Å²) in [5, 5.41) is 18.5. The van der Waals surface area contributed by atoms with Crippen LogP contribution in [0.1, 0.15) is 40.5 Å². The second-order valence-electron chi connectivity index (χ2n) is 7.19. The number of carboxylic acids is 1. The van der Waals surface area contributed by atoms with Crippen LogP contribution in [-0.4, -0.2) is 76.0 Å². The van der Waals surface area contributed by atoms with Crippen LogP contribution in [0.3, 0.4) is 0 Å². The quantitative estimate of drug-likeness (QED) is 0.764. The van der Waals surface area contributed by atoms with E-state index in [0.29, 0.717) is 26.1 Å². The zero-order valence-corrected chi connectivity index (χ0v) is 14.1. The van der Waals surface area contributed by atoms with E-state index in [9.17, 15) is 14.7 Å². The maximum absolute atomic E-state index is 12.0. The first-order valence-corrected chi connectivity index (χ1v) is 7.54. The molecule has 0 spiro atoms. The highest BCUT2D eigenvalue weighted by Gasteiger charge is 2.50. The third-order valence-electron chi connectivity index (χ3n) is 3.79. The first-order valence-electron chi connectivity index (χ1n) is 7.54. The van der Waals surface area contributed by atoms with Crippen molar-refractivity contribution >= 4 is 12.1 Å². The van der Waals surface area contributed by atoms with Crippen LogP contribution in [0.5, 0.6) is 0 Å². The molecule has 1 amide bonds. The smallest absolute Gasteiger partial charge is 0.410 e. The molecule has 1 unspecified atom stereocenters. The lowest BCUT2D eigenvalue weighted by molar-refractivity contribution is -0.145. The van der Waals surface area contributed by atoms with Crippen LogP contribution in [0.4, 0.5) is 4.79 Å². The van der Waals surface area contributed by atoms with E-state index >= 15 is 0 Å². The molecular weight excluding hydrogens is 288 g/mol. The molecule has 22 heavy (non-hydrogen) atoms. The van der Waals surface area contributed by atoms with E-state index in [-0.39, 0.29) is 6.42 Å². The lowest BCUT2D eigenvalue weighted by Gasteiger charge is -2.54. The van der Waals surface area contributed by atoms with Gasteiger partial charge in [-0.15, -0.1) is 0 Å². The molecule has 1 aliphatic rings. The lowest BCUT2D eigenvalue weighted by atomic mass is 9.84. The Morgan fingerprint density at radius 3 is 2.32 bits per heavy atom. The van der Waals surface area contributed by atoms with Crippen molar-refractivity contribution in [1.82, 2.24) is 9.80 Å². The third-order valence-corrected chi connectivity index (χ3v) is 3.79. The predicted molar refractivity (Wildman–Crippen MR) is 81.7 cm³/mol. The van der Waals surface area contributed by atoms with E-state index < -0.39 is 29.3 Å². The fourth-order valence-corrected chi connectivity index (χ4v) is 2.51. The Bertz CT molecular complexity index is 411. The molecule has 1 rings (SSSR count). The summed E-state index contributed by atoms with van der Waals surface area (Å²) in [6.45, 7) is 8.31. The summed E-state index contributed by atoms with van der Waals surface area (Å²) in [4.78, 5) is 26.6. The van der Waals surface area contributed by atoms with Gasteiger partial charge in [-0.25, -0.2) is 4.79 Å². The van der Waals surface area contributed by atoms with Crippen LogP contribution < -0.4 is 0 Å². The van der Waals surface area contributed by atoms with Gasteiger partial charge in [-0.1, -0.05) is 0 Å². The molecule has 0 radical (unpaired) electrons. The van der Waals surface area contributed by atoms with Gasteiger partial charge >= 0.3 is 12.1 Å². The molecule has 1 atom stereocenters. The first-order chi connectivity index (χ1) is 9.95. The maximum atomic E-state index is 12.0. The number of nitrogens with zero attached hydrogens (tertiary/aromatic N) is 2. The molecule has 1 heterocycles. The van der Waals surface area contributed by atoms with Crippen LogP contribution in [0, 0.1) is 0 Å². The van der Waals surface area contributed by atoms with E-state index in [4.69, 9.17) is 9.84 Å². The monoisotopic (exact) mass is 316 g/mol. The van der Waals surface area contributed by atoms with Gasteiger partial charge in [0.05, 0.1) is 18.1 Å². The minimum Gasteiger partial charge on any atom is -0.481 e. The summed E-state index contributed by atoms with van der Waals surface area (Å²) < 4.78 is 5.30. The summed E-state index contributed by atoms with van der Waals surface area (Å²) in [6.07, 6.45) is -0.337. The summed E-state index contributed by atoms with van der Waals surface area (Å²) >= 11 is 0.